The van der Waals surface area contributed by atoms with E-state index in [0.29, 0.717) is 6.42 Å². The van der Waals surface area contributed by atoms with Crippen molar-refractivity contribution in [3.63, 3.8) is 0 Å². The molecule has 6 aromatic rings. The average Bonchev–Trinajstić information content (AvgIpc) is 3.26. The second kappa shape index (κ2) is 10.5. The number of benzene rings is 4. The first-order valence-corrected chi connectivity index (χ1v) is 11.9. The van der Waals surface area contributed by atoms with Crippen LogP contribution in [0.2, 0.25) is 0 Å². The van der Waals surface area contributed by atoms with Crippen LogP contribution in [0.4, 0.5) is 0 Å². The Kier molecular flexibility index (Phi) is 7.03. The summed E-state index contributed by atoms with van der Waals surface area (Å²) >= 11 is 0. The van der Waals surface area contributed by atoms with Crippen molar-refractivity contribution in [1.82, 2.24) is 14.5 Å². The number of pyridine rings is 1. The van der Waals surface area contributed by atoms with Crippen LogP contribution >= 0.6 is 0 Å². The Bertz CT molecular complexity index is 1680. The summed E-state index contributed by atoms with van der Waals surface area (Å²) in [5, 5.41) is 11.0. The molecule has 0 saturated carbocycles. The molecule has 0 fully saturated rings. The number of hydrogen-bond donors (Lipinski definition) is 1. The molecule has 0 amide bonds. The molecule has 2 aromatic heterocycles. The topological polar surface area (TPSA) is 50.9 Å². The van der Waals surface area contributed by atoms with Gasteiger partial charge in [0.25, 0.3) is 0 Å². The monoisotopic (exact) mass is 661 g/mol. The van der Waals surface area contributed by atoms with E-state index in [4.69, 9.17) is 4.98 Å². The Morgan fingerprint density at radius 2 is 1.54 bits per heavy atom. The van der Waals surface area contributed by atoms with Crippen LogP contribution in [-0.4, -0.2) is 19.6 Å². The summed E-state index contributed by atoms with van der Waals surface area (Å²) in [6.07, 6.45) is 2.50. The molecule has 37 heavy (non-hydrogen) atoms. The fourth-order valence-corrected chi connectivity index (χ4v) is 4.76. The van der Waals surface area contributed by atoms with E-state index in [1.165, 1.54) is 5.56 Å². The van der Waals surface area contributed by atoms with Crippen molar-refractivity contribution >= 4 is 11.0 Å². The van der Waals surface area contributed by atoms with Gasteiger partial charge in [-0.2, -0.15) is 0 Å². The largest absolute Gasteiger partial charge is 0.507 e. The molecule has 0 unspecified atom stereocenters. The number of aromatic hydroxyl groups is 1. The quantitative estimate of drug-likeness (QED) is 0.201. The molecular formula is C32H24N3OPt-. The number of nitrogens with zero attached hydrogens (tertiary/aromatic N) is 3. The van der Waals surface area contributed by atoms with Crippen molar-refractivity contribution in [3.8, 4) is 39.5 Å². The number of imidazole rings is 1. The van der Waals surface area contributed by atoms with Gasteiger partial charge in [0.1, 0.15) is 11.6 Å². The SMILES string of the molecule is Cn1c(-c2c(O)cccc2Cc2ccccc2)nc2c(-c3[c-]c(-c4ccccn4)ccc3)cccc21.[Pt]. The molecule has 0 bridgehead atoms. The van der Waals surface area contributed by atoms with Crippen molar-refractivity contribution in [3.05, 3.63) is 127 Å². The van der Waals surface area contributed by atoms with Crippen LogP contribution in [0.5, 0.6) is 5.75 Å². The molecule has 5 heteroatoms. The summed E-state index contributed by atoms with van der Waals surface area (Å²) in [5.74, 6) is 0.967. The number of rotatable bonds is 5. The minimum absolute atomic E-state index is 0. The second-order valence-corrected chi connectivity index (χ2v) is 8.83. The van der Waals surface area contributed by atoms with Crippen molar-refractivity contribution in [2.24, 2.45) is 7.05 Å². The molecule has 0 saturated heterocycles. The van der Waals surface area contributed by atoms with Crippen LogP contribution in [0.1, 0.15) is 11.1 Å². The predicted octanol–water partition coefficient (Wildman–Crippen LogP) is 7.06. The van der Waals surface area contributed by atoms with Gasteiger partial charge in [0.2, 0.25) is 0 Å². The van der Waals surface area contributed by atoms with Crippen LogP contribution in [0, 0.1) is 6.07 Å². The van der Waals surface area contributed by atoms with E-state index in [-0.39, 0.29) is 26.8 Å². The van der Waals surface area contributed by atoms with Crippen LogP contribution in [0.15, 0.2) is 109 Å². The molecule has 0 aliphatic carbocycles. The van der Waals surface area contributed by atoms with E-state index in [0.717, 1.165) is 50.4 Å². The van der Waals surface area contributed by atoms with E-state index >= 15 is 0 Å². The Morgan fingerprint density at radius 3 is 2.35 bits per heavy atom. The van der Waals surface area contributed by atoms with Gasteiger partial charge in [-0.05, 0) is 35.7 Å². The first kappa shape index (κ1) is 24.7. The zero-order valence-corrected chi connectivity index (χ0v) is 22.5. The molecule has 0 aliphatic rings. The number of aryl methyl sites for hydroxylation is 1. The fraction of sp³-hybridized carbons (Fsp3) is 0.0625. The first-order chi connectivity index (χ1) is 17.7. The molecule has 1 N–H and O–H groups in total. The zero-order valence-electron chi connectivity index (χ0n) is 20.2. The molecule has 4 aromatic carbocycles. The molecule has 0 aliphatic heterocycles. The third kappa shape index (κ3) is 4.73. The fourth-order valence-electron chi connectivity index (χ4n) is 4.76. The van der Waals surface area contributed by atoms with Gasteiger partial charge in [-0.15, -0.1) is 29.8 Å². The smallest absolute Gasteiger partial charge is 0.144 e. The maximum absolute atomic E-state index is 11.0. The van der Waals surface area contributed by atoms with Gasteiger partial charge in [0.05, 0.1) is 16.6 Å². The molecule has 6 rings (SSSR count). The molecule has 184 valence electrons. The van der Waals surface area contributed by atoms with E-state index < -0.39 is 0 Å². The summed E-state index contributed by atoms with van der Waals surface area (Å²) in [4.78, 5) is 9.57. The number of phenolic OH excluding ortho intramolecular Hbond substituents is 1. The van der Waals surface area contributed by atoms with Crippen molar-refractivity contribution in [2.45, 2.75) is 6.42 Å². The van der Waals surface area contributed by atoms with Crippen molar-refractivity contribution in [2.75, 3.05) is 0 Å². The molecular weight excluding hydrogens is 637 g/mol. The van der Waals surface area contributed by atoms with Gasteiger partial charge in [-0.1, -0.05) is 77.9 Å². The Balaban J connectivity index is 0.00000280. The maximum atomic E-state index is 11.0. The summed E-state index contributed by atoms with van der Waals surface area (Å²) < 4.78 is 2.06. The maximum Gasteiger partial charge on any atom is 0.144 e. The summed E-state index contributed by atoms with van der Waals surface area (Å²) in [6, 6.07) is 37.7. The summed E-state index contributed by atoms with van der Waals surface area (Å²) in [6.45, 7) is 0. The minimum atomic E-state index is 0. The number of hydrogen-bond acceptors (Lipinski definition) is 3. The van der Waals surface area contributed by atoms with Gasteiger partial charge in [0.15, 0.2) is 0 Å². The molecule has 0 radical (unpaired) electrons. The Morgan fingerprint density at radius 1 is 0.784 bits per heavy atom. The van der Waals surface area contributed by atoms with E-state index in [2.05, 4.69) is 52.0 Å². The van der Waals surface area contributed by atoms with E-state index in [9.17, 15) is 5.11 Å². The molecule has 0 atom stereocenters. The van der Waals surface area contributed by atoms with Gasteiger partial charge in [-0.3, -0.25) is 4.98 Å². The number of fused-ring (bicyclic) bond motifs is 1. The van der Waals surface area contributed by atoms with Crippen molar-refractivity contribution < 1.29 is 26.2 Å². The van der Waals surface area contributed by atoms with Crippen LogP contribution in [0.25, 0.3) is 44.8 Å². The standard InChI is InChI=1S/C32H24N3O.Pt/c1-35-28-17-9-15-26(23-12-7-13-24(21-23)27-16-5-6-19-33-27)31(28)34-32(35)30-25(14-8-18-29(30)36)20-22-10-3-2-4-11-22;/h2-19,36H,20H2,1H3;/q-1;. The number of aromatic nitrogens is 3. The normalized spacial score (nSPS) is 10.8. The number of phenols is 1. The zero-order chi connectivity index (χ0) is 24.5. The van der Waals surface area contributed by atoms with Crippen LogP contribution in [-0.2, 0) is 34.5 Å². The Labute approximate surface area is 230 Å². The van der Waals surface area contributed by atoms with Crippen LogP contribution < -0.4 is 0 Å². The van der Waals surface area contributed by atoms with Gasteiger partial charge < -0.3 is 9.67 Å². The third-order valence-electron chi connectivity index (χ3n) is 6.53. The van der Waals surface area contributed by atoms with Gasteiger partial charge >= 0.3 is 0 Å². The predicted molar refractivity (Wildman–Crippen MR) is 145 cm³/mol. The van der Waals surface area contributed by atoms with Gasteiger partial charge in [-0.25, -0.2) is 4.98 Å². The molecule has 4 nitrogen and oxygen atoms in total. The third-order valence-corrected chi connectivity index (χ3v) is 6.53. The average molecular weight is 662 g/mol. The van der Waals surface area contributed by atoms with Crippen molar-refractivity contribution in [1.29, 1.82) is 0 Å². The summed E-state index contributed by atoms with van der Waals surface area (Å²) in [5.41, 5.74) is 8.61. The summed E-state index contributed by atoms with van der Waals surface area (Å²) in [7, 11) is 2.00. The molecule has 0 spiro atoms. The Hall–Kier alpha value is -4.01. The van der Waals surface area contributed by atoms with E-state index in [1.54, 1.807) is 12.3 Å². The minimum Gasteiger partial charge on any atom is -0.507 e. The van der Waals surface area contributed by atoms with E-state index in [1.807, 2.05) is 67.7 Å². The second-order valence-electron chi connectivity index (χ2n) is 8.83. The van der Waals surface area contributed by atoms with Crippen LogP contribution in [0.3, 0.4) is 0 Å². The van der Waals surface area contributed by atoms with Gasteiger partial charge in [0, 0.05) is 40.0 Å². The number of para-hydroxylation sites is 1. The molecule has 2 heterocycles. The first-order valence-electron chi connectivity index (χ1n) is 11.9.